The standard InChI is InChI=1S/C14H20O2S/c1-14(2,13(15)16)17-11-7-6-10-12-8-4-3-5-9-12/h3-5,8-9H,6-7,10-11H2,1-2H3,(H,15,16). The minimum atomic E-state index is -0.731. The molecule has 1 N–H and O–H groups in total. The van der Waals surface area contributed by atoms with E-state index in [0.717, 1.165) is 25.0 Å². The summed E-state index contributed by atoms with van der Waals surface area (Å²) in [6.07, 6.45) is 3.26. The molecule has 1 rings (SSSR count). The van der Waals surface area contributed by atoms with Crippen molar-refractivity contribution in [1.82, 2.24) is 0 Å². The van der Waals surface area contributed by atoms with Crippen LogP contribution in [0.1, 0.15) is 32.3 Å². The fourth-order valence-corrected chi connectivity index (χ4v) is 2.45. The van der Waals surface area contributed by atoms with E-state index in [1.165, 1.54) is 17.3 Å². The zero-order valence-corrected chi connectivity index (χ0v) is 11.3. The minimum absolute atomic E-state index is 0.660. The van der Waals surface area contributed by atoms with Gasteiger partial charge in [-0.15, -0.1) is 11.8 Å². The van der Waals surface area contributed by atoms with Crippen LogP contribution in [0.25, 0.3) is 0 Å². The number of aliphatic carboxylic acids is 1. The van der Waals surface area contributed by atoms with E-state index in [0.29, 0.717) is 0 Å². The zero-order chi connectivity index (χ0) is 12.7. The molecular formula is C14H20O2S. The Morgan fingerprint density at radius 1 is 1.24 bits per heavy atom. The van der Waals surface area contributed by atoms with Crippen molar-refractivity contribution in [2.24, 2.45) is 0 Å². The molecule has 0 heterocycles. The summed E-state index contributed by atoms with van der Waals surface area (Å²) in [5.74, 6) is 0.178. The zero-order valence-electron chi connectivity index (χ0n) is 10.5. The fourth-order valence-electron chi connectivity index (χ4n) is 1.46. The SMILES string of the molecule is CC(C)(SCCCCc1ccccc1)C(=O)O. The van der Waals surface area contributed by atoms with Crippen LogP contribution < -0.4 is 0 Å². The first kappa shape index (κ1) is 14.1. The van der Waals surface area contributed by atoms with Crippen LogP contribution in [0, 0.1) is 0 Å². The summed E-state index contributed by atoms with van der Waals surface area (Å²) in [5, 5.41) is 8.95. The predicted octanol–water partition coefficient (Wildman–Crippen LogP) is 3.61. The predicted molar refractivity (Wildman–Crippen MR) is 73.6 cm³/mol. The van der Waals surface area contributed by atoms with Crippen molar-refractivity contribution in [1.29, 1.82) is 0 Å². The summed E-state index contributed by atoms with van der Waals surface area (Å²) < 4.78 is -0.660. The van der Waals surface area contributed by atoms with Crippen LogP contribution in [-0.2, 0) is 11.2 Å². The summed E-state index contributed by atoms with van der Waals surface area (Å²) in [6.45, 7) is 3.52. The molecule has 0 fully saturated rings. The third-order valence-electron chi connectivity index (χ3n) is 2.68. The van der Waals surface area contributed by atoms with E-state index < -0.39 is 10.7 Å². The second kappa shape index (κ2) is 6.70. The third kappa shape index (κ3) is 5.26. The Bertz CT molecular complexity index is 346. The van der Waals surface area contributed by atoms with Gasteiger partial charge in [0.05, 0.1) is 0 Å². The Labute approximate surface area is 107 Å². The Hall–Kier alpha value is -0.960. The number of thioether (sulfide) groups is 1. The maximum atomic E-state index is 10.9. The number of carboxylic acid groups (broad SMARTS) is 1. The van der Waals surface area contributed by atoms with Crippen molar-refractivity contribution in [2.45, 2.75) is 37.9 Å². The summed E-state index contributed by atoms with van der Waals surface area (Å²) in [6, 6.07) is 10.4. The number of aryl methyl sites for hydroxylation is 1. The first-order chi connectivity index (χ1) is 8.02. The Morgan fingerprint density at radius 3 is 2.47 bits per heavy atom. The van der Waals surface area contributed by atoms with Gasteiger partial charge in [-0.1, -0.05) is 30.3 Å². The van der Waals surface area contributed by atoms with Crippen LogP contribution >= 0.6 is 11.8 Å². The Morgan fingerprint density at radius 2 is 1.88 bits per heavy atom. The summed E-state index contributed by atoms with van der Waals surface area (Å²) in [5.41, 5.74) is 1.36. The molecule has 0 aromatic heterocycles. The molecule has 3 heteroatoms. The van der Waals surface area contributed by atoms with E-state index in [4.69, 9.17) is 5.11 Å². The minimum Gasteiger partial charge on any atom is -0.480 e. The highest BCUT2D eigenvalue weighted by Crippen LogP contribution is 2.25. The molecule has 0 aliphatic carbocycles. The third-order valence-corrected chi connectivity index (χ3v) is 4.07. The van der Waals surface area contributed by atoms with Gasteiger partial charge in [0.2, 0.25) is 0 Å². The molecule has 0 radical (unpaired) electrons. The molecule has 1 aromatic carbocycles. The van der Waals surface area contributed by atoms with Gasteiger partial charge in [-0.25, -0.2) is 0 Å². The molecule has 0 aliphatic heterocycles. The monoisotopic (exact) mass is 252 g/mol. The average Bonchev–Trinajstić information content (AvgIpc) is 2.29. The molecule has 2 nitrogen and oxygen atoms in total. The number of unbranched alkanes of at least 4 members (excludes halogenated alkanes) is 1. The number of hydrogen-bond acceptors (Lipinski definition) is 2. The van der Waals surface area contributed by atoms with Crippen molar-refractivity contribution in [3.05, 3.63) is 35.9 Å². The molecule has 94 valence electrons. The molecule has 17 heavy (non-hydrogen) atoms. The van der Waals surface area contributed by atoms with Gasteiger partial charge in [0.1, 0.15) is 4.75 Å². The van der Waals surface area contributed by atoms with Crippen LogP contribution in [0.5, 0.6) is 0 Å². The topological polar surface area (TPSA) is 37.3 Å². The molecule has 0 atom stereocenters. The van der Waals surface area contributed by atoms with Gasteiger partial charge in [-0.3, -0.25) is 4.79 Å². The molecule has 0 bridgehead atoms. The molecule has 0 aliphatic rings. The van der Waals surface area contributed by atoms with Crippen LogP contribution in [0.3, 0.4) is 0 Å². The van der Waals surface area contributed by atoms with E-state index >= 15 is 0 Å². The van der Waals surface area contributed by atoms with Crippen molar-refractivity contribution in [3.8, 4) is 0 Å². The maximum Gasteiger partial charge on any atom is 0.319 e. The van der Waals surface area contributed by atoms with Gasteiger partial charge < -0.3 is 5.11 Å². The second-order valence-corrected chi connectivity index (χ2v) is 6.32. The first-order valence-corrected chi connectivity index (χ1v) is 6.92. The lowest BCUT2D eigenvalue weighted by Crippen LogP contribution is -2.27. The van der Waals surface area contributed by atoms with Gasteiger partial charge in [-0.2, -0.15) is 0 Å². The lowest BCUT2D eigenvalue weighted by atomic mass is 10.1. The maximum absolute atomic E-state index is 10.9. The smallest absolute Gasteiger partial charge is 0.319 e. The fraction of sp³-hybridized carbons (Fsp3) is 0.500. The summed E-state index contributed by atoms with van der Waals surface area (Å²) in [4.78, 5) is 10.9. The average molecular weight is 252 g/mol. The molecule has 1 aromatic rings. The Kier molecular flexibility index (Phi) is 5.56. The van der Waals surface area contributed by atoms with E-state index in [1.807, 2.05) is 6.07 Å². The van der Waals surface area contributed by atoms with Gasteiger partial charge in [-0.05, 0) is 44.4 Å². The highest BCUT2D eigenvalue weighted by molar-refractivity contribution is 8.01. The van der Waals surface area contributed by atoms with Crippen LogP contribution in [-0.4, -0.2) is 21.6 Å². The summed E-state index contributed by atoms with van der Waals surface area (Å²) in [7, 11) is 0. The van der Waals surface area contributed by atoms with Crippen molar-refractivity contribution < 1.29 is 9.90 Å². The van der Waals surface area contributed by atoms with Gasteiger partial charge in [0.15, 0.2) is 0 Å². The first-order valence-electron chi connectivity index (χ1n) is 5.93. The number of carboxylic acids is 1. The Balaban J connectivity index is 2.15. The molecule has 0 amide bonds. The highest BCUT2D eigenvalue weighted by atomic mass is 32.2. The van der Waals surface area contributed by atoms with Crippen LogP contribution in [0.15, 0.2) is 30.3 Å². The van der Waals surface area contributed by atoms with Gasteiger partial charge in [0, 0.05) is 0 Å². The number of hydrogen-bond donors (Lipinski definition) is 1. The van der Waals surface area contributed by atoms with Crippen molar-refractivity contribution in [2.75, 3.05) is 5.75 Å². The van der Waals surface area contributed by atoms with E-state index in [2.05, 4.69) is 24.3 Å². The lowest BCUT2D eigenvalue weighted by molar-refractivity contribution is -0.138. The quantitative estimate of drug-likeness (QED) is 0.753. The number of carbonyl (C=O) groups is 1. The van der Waals surface area contributed by atoms with Gasteiger partial charge in [0.25, 0.3) is 0 Å². The molecular weight excluding hydrogens is 232 g/mol. The van der Waals surface area contributed by atoms with Crippen molar-refractivity contribution in [3.63, 3.8) is 0 Å². The van der Waals surface area contributed by atoms with Crippen LogP contribution in [0.2, 0.25) is 0 Å². The molecule has 0 saturated carbocycles. The van der Waals surface area contributed by atoms with Crippen molar-refractivity contribution >= 4 is 17.7 Å². The molecule has 0 saturated heterocycles. The molecule has 0 unspecified atom stereocenters. The van der Waals surface area contributed by atoms with E-state index in [1.54, 1.807) is 13.8 Å². The normalized spacial score (nSPS) is 11.4. The largest absolute Gasteiger partial charge is 0.480 e. The molecule has 0 spiro atoms. The number of benzene rings is 1. The summed E-state index contributed by atoms with van der Waals surface area (Å²) >= 11 is 1.52. The van der Waals surface area contributed by atoms with Gasteiger partial charge >= 0.3 is 5.97 Å². The van der Waals surface area contributed by atoms with Crippen LogP contribution in [0.4, 0.5) is 0 Å². The second-order valence-electron chi connectivity index (χ2n) is 4.61. The number of rotatable bonds is 7. The van der Waals surface area contributed by atoms with E-state index in [-0.39, 0.29) is 0 Å². The lowest BCUT2D eigenvalue weighted by Gasteiger charge is -2.18. The highest BCUT2D eigenvalue weighted by Gasteiger charge is 2.26. The van der Waals surface area contributed by atoms with E-state index in [9.17, 15) is 4.79 Å².